The molecule has 218 valence electrons. The molecule has 0 radical (unpaired) electrons. The van der Waals surface area contributed by atoms with E-state index in [-0.39, 0.29) is 23.1 Å². The molecule has 6 N–H and O–H groups in total. The first-order valence-corrected chi connectivity index (χ1v) is 16.4. The molecule has 0 spiro atoms. The minimum absolute atomic E-state index is 0.0256. The van der Waals surface area contributed by atoms with Gasteiger partial charge in [-0.05, 0) is 12.8 Å². The van der Waals surface area contributed by atoms with E-state index in [0.29, 0.717) is 36.9 Å². The van der Waals surface area contributed by atoms with Crippen LogP contribution in [0.1, 0.15) is 46.6 Å². The molecular formula is C27H30N9O3S3+. The van der Waals surface area contributed by atoms with Gasteiger partial charge in [-0.25, -0.2) is 15.0 Å². The fourth-order valence-electron chi connectivity index (χ4n) is 5.66. The van der Waals surface area contributed by atoms with Crippen LogP contribution in [0.3, 0.4) is 0 Å². The molecular weight excluding hydrogens is 595 g/mol. The molecule has 1 saturated heterocycles. The number of hydrogen-bond donors (Lipinski definition) is 3. The first kappa shape index (κ1) is 27.3. The Kier molecular flexibility index (Phi) is 7.35. The van der Waals surface area contributed by atoms with Crippen LogP contribution < -0.4 is 27.1 Å². The number of nitrogens with one attached hydrogen (secondary N) is 1. The van der Waals surface area contributed by atoms with E-state index in [1.807, 2.05) is 5.38 Å². The summed E-state index contributed by atoms with van der Waals surface area (Å²) in [5.41, 5.74) is 12.3. The van der Waals surface area contributed by atoms with E-state index in [2.05, 4.69) is 26.0 Å². The summed E-state index contributed by atoms with van der Waals surface area (Å²) in [6.07, 6.45) is 7.90. The van der Waals surface area contributed by atoms with E-state index >= 15 is 0 Å². The molecule has 15 heteroatoms. The van der Waals surface area contributed by atoms with Crippen LogP contribution in [0.5, 0.6) is 0 Å². The van der Waals surface area contributed by atoms with E-state index in [0.717, 1.165) is 62.2 Å². The molecule has 5 aromatic rings. The van der Waals surface area contributed by atoms with Gasteiger partial charge in [0.2, 0.25) is 5.95 Å². The Labute approximate surface area is 252 Å². The SMILES string of the molecule is NC(=O)c1c(Cc2cnc(-c3csc4c(=O)cc(N5CCOCC5)sc34)s2)nc(N[C@H]2CCCC[C@H]2[NH3+])n2ncnc12. The first-order valence-electron chi connectivity index (χ1n) is 13.9. The van der Waals surface area contributed by atoms with Gasteiger partial charge in [0.05, 0.1) is 39.4 Å². The molecule has 2 atom stereocenters. The molecule has 0 aromatic carbocycles. The van der Waals surface area contributed by atoms with Crippen LogP contribution >= 0.6 is 34.0 Å². The predicted molar refractivity (Wildman–Crippen MR) is 165 cm³/mol. The largest absolute Gasteiger partial charge is 0.378 e. The second-order valence-corrected chi connectivity index (χ2v) is 13.6. The highest BCUT2D eigenvalue weighted by Crippen LogP contribution is 2.40. The molecule has 6 heterocycles. The van der Waals surface area contributed by atoms with Gasteiger partial charge in [0, 0.05) is 54.0 Å². The summed E-state index contributed by atoms with van der Waals surface area (Å²) in [6, 6.07) is 2.14. The lowest BCUT2D eigenvalue weighted by Crippen LogP contribution is -2.68. The predicted octanol–water partition coefficient (Wildman–Crippen LogP) is 2.38. The highest BCUT2D eigenvalue weighted by atomic mass is 32.1. The Bertz CT molecular complexity index is 1840. The van der Waals surface area contributed by atoms with Gasteiger partial charge in [0.25, 0.3) is 5.91 Å². The lowest BCUT2D eigenvalue weighted by Gasteiger charge is -2.28. The average molecular weight is 625 g/mol. The summed E-state index contributed by atoms with van der Waals surface area (Å²) >= 11 is 4.59. The van der Waals surface area contributed by atoms with Gasteiger partial charge in [-0.3, -0.25) is 9.59 Å². The van der Waals surface area contributed by atoms with Crippen molar-refractivity contribution in [1.82, 2.24) is 24.6 Å². The van der Waals surface area contributed by atoms with Crippen molar-refractivity contribution in [2.24, 2.45) is 5.73 Å². The highest BCUT2D eigenvalue weighted by Gasteiger charge is 2.28. The number of amides is 1. The normalized spacial score (nSPS) is 19.5. The van der Waals surface area contributed by atoms with Crippen LogP contribution in [0.15, 0.2) is 28.8 Å². The van der Waals surface area contributed by atoms with E-state index in [9.17, 15) is 9.59 Å². The van der Waals surface area contributed by atoms with Crippen LogP contribution in [0, 0.1) is 0 Å². The Morgan fingerprint density at radius 2 is 2.00 bits per heavy atom. The lowest BCUT2D eigenvalue weighted by atomic mass is 9.91. The van der Waals surface area contributed by atoms with Crippen LogP contribution in [0.2, 0.25) is 0 Å². The van der Waals surface area contributed by atoms with Crippen molar-refractivity contribution < 1.29 is 15.3 Å². The molecule has 12 nitrogen and oxygen atoms in total. The molecule has 42 heavy (non-hydrogen) atoms. The number of aromatic nitrogens is 5. The van der Waals surface area contributed by atoms with E-state index in [1.165, 1.54) is 35.4 Å². The number of carbonyl (C=O) groups excluding carboxylic acids is 1. The van der Waals surface area contributed by atoms with E-state index in [4.69, 9.17) is 20.4 Å². The van der Waals surface area contributed by atoms with E-state index < -0.39 is 5.91 Å². The molecule has 5 aromatic heterocycles. The standard InChI is InChI=1S/C27H29N9O3S3/c28-16-3-1-2-4-17(16)33-27-34-18(21(24(29)38)25-31-13-32-36(25)27)9-14-11-30-26(41-14)15-12-40-23-19(37)10-20(42-22(15)23)35-5-7-39-8-6-35/h10-13,16-17H,1-9,28H2,(H2,29,38)(H,33,34)/p+1/t16-,17+/m1/s1. The van der Waals surface area contributed by atoms with Crippen LogP contribution in [0.25, 0.3) is 25.6 Å². The minimum atomic E-state index is -0.608. The van der Waals surface area contributed by atoms with Crippen LogP contribution in [-0.4, -0.2) is 68.9 Å². The molecule has 2 aliphatic rings. The number of ether oxygens (including phenoxy) is 1. The van der Waals surface area contributed by atoms with Gasteiger partial charge in [-0.2, -0.15) is 9.61 Å². The van der Waals surface area contributed by atoms with Gasteiger partial charge in [0.15, 0.2) is 11.1 Å². The van der Waals surface area contributed by atoms with Gasteiger partial charge < -0.3 is 26.4 Å². The van der Waals surface area contributed by atoms with Crippen molar-refractivity contribution in [3.05, 3.63) is 50.3 Å². The molecule has 1 amide bonds. The second-order valence-electron chi connectivity index (χ2n) is 10.6. The quantitative estimate of drug-likeness (QED) is 0.246. The second kappa shape index (κ2) is 11.3. The Morgan fingerprint density at radius 1 is 1.17 bits per heavy atom. The topological polar surface area (TPSA) is 168 Å². The van der Waals surface area contributed by atoms with Crippen molar-refractivity contribution in [1.29, 1.82) is 0 Å². The number of fused-ring (bicyclic) bond motifs is 2. The maximum Gasteiger partial charge on any atom is 0.254 e. The fourth-order valence-corrected chi connectivity index (χ4v) is 9.09. The number of nitrogens with zero attached hydrogens (tertiary/aromatic N) is 6. The van der Waals surface area contributed by atoms with Crippen molar-refractivity contribution >= 4 is 65.9 Å². The molecule has 1 saturated carbocycles. The number of thiazole rings is 1. The number of morpholine rings is 1. The number of hydrogen-bond acceptors (Lipinski definition) is 12. The van der Waals surface area contributed by atoms with Gasteiger partial charge in [-0.15, -0.1) is 34.0 Å². The van der Waals surface area contributed by atoms with E-state index in [1.54, 1.807) is 28.1 Å². The van der Waals surface area contributed by atoms with Crippen molar-refractivity contribution in [2.75, 3.05) is 36.5 Å². The summed E-state index contributed by atoms with van der Waals surface area (Å²) in [5, 5.41) is 11.6. The number of primary amides is 1. The first-order chi connectivity index (χ1) is 20.5. The smallest absolute Gasteiger partial charge is 0.254 e. The molecule has 0 bridgehead atoms. The molecule has 1 aliphatic heterocycles. The molecule has 2 fully saturated rings. The Morgan fingerprint density at radius 3 is 2.81 bits per heavy atom. The molecule has 1 aliphatic carbocycles. The molecule has 0 unspecified atom stereocenters. The zero-order valence-electron chi connectivity index (χ0n) is 22.7. The highest BCUT2D eigenvalue weighted by molar-refractivity contribution is 7.29. The number of rotatable bonds is 7. The minimum Gasteiger partial charge on any atom is -0.378 e. The number of thiophene rings is 1. The molecule has 7 rings (SSSR count). The third kappa shape index (κ3) is 5.04. The zero-order valence-corrected chi connectivity index (χ0v) is 25.2. The van der Waals surface area contributed by atoms with Crippen molar-refractivity contribution in [3.8, 4) is 10.6 Å². The maximum atomic E-state index is 13.0. The van der Waals surface area contributed by atoms with Crippen LogP contribution in [0.4, 0.5) is 10.9 Å². The summed E-state index contributed by atoms with van der Waals surface area (Å²) in [4.78, 5) is 42.7. The number of anilines is 2. The van der Waals surface area contributed by atoms with Crippen LogP contribution in [-0.2, 0) is 11.2 Å². The Hall–Kier alpha value is -3.50. The fraction of sp³-hybridized carbons (Fsp3) is 0.407. The third-order valence-corrected chi connectivity index (χ3v) is 11.2. The summed E-state index contributed by atoms with van der Waals surface area (Å²) in [5.74, 6) is -0.0826. The summed E-state index contributed by atoms with van der Waals surface area (Å²) in [6.45, 7) is 2.84. The van der Waals surface area contributed by atoms with Gasteiger partial charge in [-0.1, -0.05) is 6.42 Å². The number of nitrogens with two attached hydrogens (primary N) is 1. The monoisotopic (exact) mass is 624 g/mol. The third-order valence-electron chi connectivity index (χ3n) is 7.85. The lowest BCUT2D eigenvalue weighted by molar-refractivity contribution is -0.427. The summed E-state index contributed by atoms with van der Waals surface area (Å²) in [7, 11) is 0. The van der Waals surface area contributed by atoms with Crippen molar-refractivity contribution in [2.45, 2.75) is 44.2 Å². The zero-order chi connectivity index (χ0) is 28.8. The average Bonchev–Trinajstić information content (AvgIpc) is 3.75. The number of carbonyl (C=O) groups is 1. The Balaban J connectivity index is 1.23. The number of quaternary nitrogens is 1. The maximum absolute atomic E-state index is 13.0. The van der Waals surface area contributed by atoms with Gasteiger partial charge >= 0.3 is 0 Å². The van der Waals surface area contributed by atoms with Crippen molar-refractivity contribution in [3.63, 3.8) is 0 Å². The summed E-state index contributed by atoms with van der Waals surface area (Å²) < 4.78 is 8.72. The van der Waals surface area contributed by atoms with Gasteiger partial charge in [0.1, 0.15) is 22.9 Å².